The van der Waals surface area contributed by atoms with Gasteiger partial charge in [0.25, 0.3) is 0 Å². The molecule has 0 aromatic heterocycles. The van der Waals surface area contributed by atoms with Gasteiger partial charge in [0.05, 0.1) is 0 Å². The van der Waals surface area contributed by atoms with Crippen molar-refractivity contribution in [3.05, 3.63) is 119 Å². The molecule has 154 valence electrons. The molecule has 0 heterocycles. The zero-order valence-corrected chi connectivity index (χ0v) is 20.9. The molecule has 1 nitrogen and oxygen atoms in total. The molecule has 0 radical (unpaired) electrons. The van der Waals surface area contributed by atoms with Crippen molar-refractivity contribution in [2.75, 3.05) is 0 Å². The summed E-state index contributed by atoms with van der Waals surface area (Å²) in [7, 11) is 0. The molecule has 0 aliphatic carbocycles. The van der Waals surface area contributed by atoms with Gasteiger partial charge in [0.1, 0.15) is 0 Å². The van der Waals surface area contributed by atoms with Gasteiger partial charge >= 0.3 is 189 Å². The molecule has 0 amide bonds. The van der Waals surface area contributed by atoms with Crippen LogP contribution in [-0.4, -0.2) is 21.3 Å². The molecule has 0 bridgehead atoms. The van der Waals surface area contributed by atoms with E-state index in [1.165, 1.54) is 33.2 Å². The van der Waals surface area contributed by atoms with Gasteiger partial charge in [0, 0.05) is 0 Å². The third-order valence-corrected chi connectivity index (χ3v) is 18.2. The summed E-state index contributed by atoms with van der Waals surface area (Å²) in [6.45, 7) is 6.44. The van der Waals surface area contributed by atoms with Gasteiger partial charge in [0.2, 0.25) is 0 Å². The maximum absolute atomic E-state index is 11.0. The Morgan fingerprint density at radius 1 is 0.516 bits per heavy atom. The fourth-order valence-electron chi connectivity index (χ4n) is 4.76. The summed E-state index contributed by atoms with van der Waals surface area (Å²) in [5.41, 5.74) is 4.89. The predicted octanol–water partition coefficient (Wildman–Crippen LogP) is 3.73. The summed E-state index contributed by atoms with van der Waals surface area (Å²) in [6.07, 6.45) is 1.44. The molecular weight excluding hydrogens is 434 g/mol. The molecule has 0 atom stereocenters. The quantitative estimate of drug-likeness (QED) is 0.316. The normalized spacial score (nSPS) is 11.3. The van der Waals surface area contributed by atoms with Crippen molar-refractivity contribution in [1.82, 2.24) is 0 Å². The standard InChI is InChI=1S/C8H7O.3C7H7.Ga/c9-7-6-8-4-2-1-3-5-8;3*1-7-5-3-2-4-6-7;/h2-5,7H,6H2;3*3-6H,1H3;/q;;;;-1. The topological polar surface area (TPSA) is 17.1 Å². The van der Waals surface area contributed by atoms with Gasteiger partial charge in [-0.05, 0) is 0 Å². The number of hydrogen-bond donors (Lipinski definition) is 0. The van der Waals surface area contributed by atoms with Crippen LogP contribution >= 0.6 is 0 Å². The molecule has 0 aliphatic heterocycles. The monoisotopic (exact) mass is 461 g/mol. The minimum absolute atomic E-state index is 0.460. The zero-order chi connectivity index (χ0) is 21.8. The Labute approximate surface area is 188 Å². The Morgan fingerprint density at radius 3 is 1.10 bits per heavy atom. The first-order chi connectivity index (χ1) is 15.0. The third-order valence-electron chi connectivity index (χ3n) is 6.53. The van der Waals surface area contributed by atoms with E-state index in [1.54, 1.807) is 0 Å². The van der Waals surface area contributed by atoms with Crippen molar-refractivity contribution in [2.24, 2.45) is 0 Å². The molecule has 4 rings (SSSR count). The molecule has 2 heteroatoms. The number of aldehydes is 1. The first-order valence-corrected chi connectivity index (χ1v) is 15.8. The number of benzene rings is 4. The average molecular weight is 462 g/mol. The Hall–Kier alpha value is -2.81. The van der Waals surface area contributed by atoms with Crippen LogP contribution in [0.4, 0.5) is 0 Å². The van der Waals surface area contributed by atoms with Gasteiger partial charge in [0.15, 0.2) is 0 Å². The van der Waals surface area contributed by atoms with Gasteiger partial charge in [-0.1, -0.05) is 0 Å². The second-order valence-electron chi connectivity index (χ2n) is 8.71. The molecule has 4 aromatic rings. The SMILES string of the molecule is Cc1cc[c]([Ga-]([c]2ccc(C)cc2)([c]2ccc(C)cc2)[c]2ccc(CC=O)cc2)cc1. The molecular formula is C29H28GaO-. The van der Waals surface area contributed by atoms with Crippen LogP contribution < -0.4 is 16.5 Å². The molecule has 4 aromatic carbocycles. The van der Waals surface area contributed by atoms with E-state index in [0.717, 1.165) is 11.8 Å². The molecule has 0 spiro atoms. The van der Waals surface area contributed by atoms with Gasteiger partial charge in [-0.25, -0.2) is 0 Å². The summed E-state index contributed by atoms with van der Waals surface area (Å²) >= 11 is -3.45. The Morgan fingerprint density at radius 2 is 0.806 bits per heavy atom. The van der Waals surface area contributed by atoms with Crippen LogP contribution in [0.15, 0.2) is 97.1 Å². The van der Waals surface area contributed by atoms with Crippen LogP contribution in [0.3, 0.4) is 0 Å². The van der Waals surface area contributed by atoms with E-state index in [4.69, 9.17) is 0 Å². The molecule has 0 N–H and O–H groups in total. The van der Waals surface area contributed by atoms with Crippen LogP contribution in [0.1, 0.15) is 22.3 Å². The predicted molar refractivity (Wildman–Crippen MR) is 134 cm³/mol. The van der Waals surface area contributed by atoms with E-state index in [0.29, 0.717) is 6.42 Å². The summed E-state index contributed by atoms with van der Waals surface area (Å²) < 4.78 is 5.70. The summed E-state index contributed by atoms with van der Waals surface area (Å²) in [5, 5.41) is 0. The molecule has 0 saturated carbocycles. The van der Waals surface area contributed by atoms with Gasteiger partial charge in [-0.15, -0.1) is 0 Å². The molecule has 0 saturated heterocycles. The number of hydrogen-bond acceptors (Lipinski definition) is 1. The van der Waals surface area contributed by atoms with E-state index in [9.17, 15) is 4.79 Å². The Bertz CT molecular complexity index is 1040. The van der Waals surface area contributed by atoms with E-state index < -0.39 is 15.0 Å². The number of rotatable bonds is 6. The van der Waals surface area contributed by atoms with E-state index >= 15 is 0 Å². The number of aryl methyl sites for hydroxylation is 3. The van der Waals surface area contributed by atoms with Crippen LogP contribution in [0.2, 0.25) is 0 Å². The van der Waals surface area contributed by atoms with Crippen molar-refractivity contribution in [3.63, 3.8) is 0 Å². The number of carbonyl (C=O) groups is 1. The zero-order valence-electron chi connectivity index (χ0n) is 18.5. The van der Waals surface area contributed by atoms with Crippen LogP contribution in [0.25, 0.3) is 0 Å². The van der Waals surface area contributed by atoms with Gasteiger partial charge < -0.3 is 0 Å². The maximum atomic E-state index is 11.0. The van der Waals surface area contributed by atoms with Crippen molar-refractivity contribution < 1.29 is 4.79 Å². The van der Waals surface area contributed by atoms with Crippen molar-refractivity contribution in [1.29, 1.82) is 0 Å². The second-order valence-corrected chi connectivity index (χ2v) is 17.9. The number of carbonyl (C=O) groups excluding carboxylic acids is 1. The summed E-state index contributed by atoms with van der Waals surface area (Å²) in [5.74, 6) is 0. The fraction of sp³-hybridized carbons (Fsp3) is 0.138. The van der Waals surface area contributed by atoms with E-state index in [2.05, 4.69) is 118 Å². The summed E-state index contributed by atoms with van der Waals surface area (Å²) in [4.78, 5) is 11.0. The average Bonchev–Trinajstić information content (AvgIpc) is 2.79. The first kappa shape index (κ1) is 21.4. The van der Waals surface area contributed by atoms with E-state index in [-0.39, 0.29) is 0 Å². The first-order valence-electron chi connectivity index (χ1n) is 10.9. The second kappa shape index (κ2) is 9.13. The van der Waals surface area contributed by atoms with Crippen LogP contribution in [0.5, 0.6) is 0 Å². The van der Waals surface area contributed by atoms with Crippen molar-refractivity contribution in [2.45, 2.75) is 27.2 Å². The molecule has 0 unspecified atom stereocenters. The van der Waals surface area contributed by atoms with Crippen LogP contribution in [0, 0.1) is 20.8 Å². The summed E-state index contributed by atoms with van der Waals surface area (Å²) in [6, 6.07) is 36.2. The van der Waals surface area contributed by atoms with Gasteiger partial charge in [-0.2, -0.15) is 0 Å². The molecule has 31 heavy (non-hydrogen) atoms. The fourth-order valence-corrected chi connectivity index (χ4v) is 16.1. The van der Waals surface area contributed by atoms with Gasteiger partial charge in [-0.3, -0.25) is 0 Å². The minimum atomic E-state index is -3.45. The Kier molecular flexibility index (Phi) is 6.31. The third kappa shape index (κ3) is 4.19. The van der Waals surface area contributed by atoms with Crippen LogP contribution in [-0.2, 0) is 11.2 Å². The molecule has 0 fully saturated rings. The van der Waals surface area contributed by atoms with Crippen molar-refractivity contribution in [3.8, 4) is 0 Å². The van der Waals surface area contributed by atoms with Crippen molar-refractivity contribution >= 4 is 37.8 Å². The molecule has 0 aliphatic rings. The Balaban J connectivity index is 2.07. The van der Waals surface area contributed by atoms with E-state index in [1.807, 2.05) is 0 Å².